The van der Waals surface area contributed by atoms with Gasteiger partial charge in [-0.2, -0.15) is 12.6 Å². The zero-order chi connectivity index (χ0) is 6.91. The molecule has 0 heterocycles. The van der Waals surface area contributed by atoms with Crippen molar-refractivity contribution in [2.45, 2.75) is 43.5 Å². The molecule has 1 unspecified atom stereocenters. The van der Waals surface area contributed by atoms with Crippen molar-refractivity contribution >= 4 is 12.6 Å². The van der Waals surface area contributed by atoms with E-state index in [0.717, 1.165) is 19.3 Å². The van der Waals surface area contributed by atoms with Gasteiger partial charge in [0.1, 0.15) is 0 Å². The van der Waals surface area contributed by atoms with Crippen LogP contribution in [0.15, 0.2) is 0 Å². The van der Waals surface area contributed by atoms with E-state index in [1.807, 2.05) is 6.92 Å². The van der Waals surface area contributed by atoms with Crippen molar-refractivity contribution in [1.82, 2.24) is 0 Å². The summed E-state index contributed by atoms with van der Waals surface area (Å²) in [5.41, 5.74) is 0. The van der Waals surface area contributed by atoms with Gasteiger partial charge in [-0.25, -0.2) is 0 Å². The lowest BCUT2D eigenvalue weighted by Gasteiger charge is -2.33. The first-order valence-corrected chi connectivity index (χ1v) is 3.98. The average molecular weight is 146 g/mol. The standard InChI is InChI=1S/C7H14OS/c1-7(9)5-3-2-4-6(7)8/h6,8-9H,2-5H2,1H3/t6?,7-/m1/s1. The van der Waals surface area contributed by atoms with Crippen LogP contribution in [0.5, 0.6) is 0 Å². The van der Waals surface area contributed by atoms with E-state index in [1.165, 1.54) is 6.42 Å². The third-order valence-electron chi connectivity index (χ3n) is 2.13. The Bertz CT molecular complexity index is 101. The minimum absolute atomic E-state index is 0.113. The van der Waals surface area contributed by atoms with Crippen LogP contribution in [0.1, 0.15) is 32.6 Å². The normalized spacial score (nSPS) is 45.0. The van der Waals surface area contributed by atoms with Gasteiger partial charge in [0, 0.05) is 4.75 Å². The fourth-order valence-corrected chi connectivity index (χ4v) is 1.59. The van der Waals surface area contributed by atoms with Crippen molar-refractivity contribution in [2.24, 2.45) is 0 Å². The lowest BCUT2D eigenvalue weighted by atomic mass is 9.87. The predicted octanol–water partition coefficient (Wildman–Crippen LogP) is 1.61. The lowest BCUT2D eigenvalue weighted by molar-refractivity contribution is 0.0991. The summed E-state index contributed by atoms with van der Waals surface area (Å²) in [5.74, 6) is 0. The maximum atomic E-state index is 9.36. The monoisotopic (exact) mass is 146 g/mol. The van der Waals surface area contributed by atoms with Crippen molar-refractivity contribution in [1.29, 1.82) is 0 Å². The maximum Gasteiger partial charge on any atom is 0.0681 e. The molecular weight excluding hydrogens is 132 g/mol. The second-order valence-electron chi connectivity index (χ2n) is 3.12. The van der Waals surface area contributed by atoms with Crippen molar-refractivity contribution in [3.63, 3.8) is 0 Å². The highest BCUT2D eigenvalue weighted by atomic mass is 32.1. The highest BCUT2D eigenvalue weighted by Gasteiger charge is 2.31. The predicted molar refractivity (Wildman–Crippen MR) is 41.9 cm³/mol. The summed E-state index contributed by atoms with van der Waals surface area (Å²) in [6, 6.07) is 0. The molecule has 0 aromatic rings. The first kappa shape index (κ1) is 7.42. The van der Waals surface area contributed by atoms with Crippen LogP contribution in [-0.4, -0.2) is 16.0 Å². The van der Waals surface area contributed by atoms with E-state index in [9.17, 15) is 5.11 Å². The minimum Gasteiger partial charge on any atom is -0.392 e. The Morgan fingerprint density at radius 3 is 2.56 bits per heavy atom. The van der Waals surface area contributed by atoms with Gasteiger partial charge in [0.15, 0.2) is 0 Å². The van der Waals surface area contributed by atoms with Gasteiger partial charge in [0.05, 0.1) is 6.10 Å². The molecule has 0 aliphatic heterocycles. The molecule has 9 heavy (non-hydrogen) atoms. The highest BCUT2D eigenvalue weighted by Crippen LogP contribution is 2.32. The molecule has 1 nitrogen and oxygen atoms in total. The van der Waals surface area contributed by atoms with Crippen LogP contribution in [0.3, 0.4) is 0 Å². The van der Waals surface area contributed by atoms with Crippen LogP contribution >= 0.6 is 12.6 Å². The molecule has 0 aromatic carbocycles. The van der Waals surface area contributed by atoms with E-state index in [2.05, 4.69) is 12.6 Å². The van der Waals surface area contributed by atoms with Crippen LogP contribution in [0.2, 0.25) is 0 Å². The third kappa shape index (κ3) is 1.62. The first-order valence-electron chi connectivity index (χ1n) is 3.53. The molecule has 0 aromatic heterocycles. The van der Waals surface area contributed by atoms with Gasteiger partial charge in [-0.05, 0) is 19.8 Å². The van der Waals surface area contributed by atoms with Crippen molar-refractivity contribution < 1.29 is 5.11 Å². The highest BCUT2D eigenvalue weighted by molar-refractivity contribution is 7.81. The molecule has 1 aliphatic rings. The van der Waals surface area contributed by atoms with Gasteiger partial charge in [-0.15, -0.1) is 0 Å². The molecule has 1 N–H and O–H groups in total. The second kappa shape index (κ2) is 2.51. The van der Waals surface area contributed by atoms with Crippen LogP contribution in [0.4, 0.5) is 0 Å². The SMILES string of the molecule is C[C@@]1(S)CCCCC1O. The van der Waals surface area contributed by atoms with E-state index in [0.29, 0.717) is 0 Å². The van der Waals surface area contributed by atoms with Gasteiger partial charge in [-0.1, -0.05) is 12.8 Å². The third-order valence-corrected chi connectivity index (χ3v) is 2.65. The van der Waals surface area contributed by atoms with Crippen molar-refractivity contribution in [3.8, 4) is 0 Å². The zero-order valence-corrected chi connectivity index (χ0v) is 6.69. The summed E-state index contributed by atoms with van der Waals surface area (Å²) in [4.78, 5) is 0. The summed E-state index contributed by atoms with van der Waals surface area (Å²) in [5, 5.41) is 9.36. The molecular formula is C7H14OS. The quantitative estimate of drug-likeness (QED) is 0.497. The Kier molecular flexibility index (Phi) is 2.07. The summed E-state index contributed by atoms with van der Waals surface area (Å²) in [6.07, 6.45) is 4.18. The topological polar surface area (TPSA) is 20.2 Å². The van der Waals surface area contributed by atoms with Gasteiger partial charge in [0.2, 0.25) is 0 Å². The Hall–Kier alpha value is 0.310. The van der Waals surface area contributed by atoms with Gasteiger partial charge in [-0.3, -0.25) is 0 Å². The fourth-order valence-electron chi connectivity index (χ4n) is 1.30. The van der Waals surface area contributed by atoms with E-state index in [1.54, 1.807) is 0 Å². The lowest BCUT2D eigenvalue weighted by Crippen LogP contribution is -2.36. The Morgan fingerprint density at radius 1 is 1.56 bits per heavy atom. The number of aliphatic hydroxyl groups is 1. The van der Waals surface area contributed by atoms with Crippen molar-refractivity contribution in [3.05, 3.63) is 0 Å². The number of thiol groups is 1. The first-order chi connectivity index (χ1) is 4.13. The van der Waals surface area contributed by atoms with Crippen LogP contribution in [0, 0.1) is 0 Å². The molecule has 1 fully saturated rings. The van der Waals surface area contributed by atoms with E-state index in [-0.39, 0.29) is 10.9 Å². The summed E-state index contributed by atoms with van der Waals surface area (Å²) >= 11 is 4.36. The fraction of sp³-hybridized carbons (Fsp3) is 1.00. The molecule has 1 rings (SSSR count). The average Bonchev–Trinajstić information content (AvgIpc) is 1.77. The van der Waals surface area contributed by atoms with Gasteiger partial charge >= 0.3 is 0 Å². The Balaban J connectivity index is 2.49. The van der Waals surface area contributed by atoms with Crippen LogP contribution in [0.25, 0.3) is 0 Å². The molecule has 54 valence electrons. The molecule has 1 saturated carbocycles. The molecule has 0 saturated heterocycles. The number of rotatable bonds is 0. The molecule has 2 heteroatoms. The van der Waals surface area contributed by atoms with E-state index >= 15 is 0 Å². The number of hydrogen-bond acceptors (Lipinski definition) is 2. The summed E-state index contributed by atoms with van der Waals surface area (Å²) in [7, 11) is 0. The largest absolute Gasteiger partial charge is 0.392 e. The van der Waals surface area contributed by atoms with Crippen LogP contribution in [-0.2, 0) is 0 Å². The maximum absolute atomic E-state index is 9.36. The Morgan fingerprint density at radius 2 is 2.22 bits per heavy atom. The number of hydrogen-bond donors (Lipinski definition) is 2. The van der Waals surface area contributed by atoms with Crippen LogP contribution < -0.4 is 0 Å². The molecule has 0 radical (unpaired) electrons. The smallest absolute Gasteiger partial charge is 0.0681 e. The molecule has 1 aliphatic carbocycles. The molecule has 0 amide bonds. The van der Waals surface area contributed by atoms with E-state index in [4.69, 9.17) is 0 Å². The minimum atomic E-state index is -0.186. The Labute approximate surface area is 61.9 Å². The number of aliphatic hydroxyl groups excluding tert-OH is 1. The second-order valence-corrected chi connectivity index (χ2v) is 4.14. The zero-order valence-electron chi connectivity index (χ0n) is 5.80. The summed E-state index contributed by atoms with van der Waals surface area (Å²) in [6.45, 7) is 2.01. The molecule has 2 atom stereocenters. The van der Waals surface area contributed by atoms with Crippen molar-refractivity contribution in [2.75, 3.05) is 0 Å². The molecule has 0 spiro atoms. The van der Waals surface area contributed by atoms with Gasteiger partial charge in [0.25, 0.3) is 0 Å². The van der Waals surface area contributed by atoms with Gasteiger partial charge < -0.3 is 5.11 Å². The molecule has 0 bridgehead atoms. The van der Waals surface area contributed by atoms with E-state index < -0.39 is 0 Å². The summed E-state index contributed by atoms with van der Waals surface area (Å²) < 4.78 is -0.113.